The van der Waals surface area contributed by atoms with Gasteiger partial charge in [-0.3, -0.25) is 4.57 Å². The van der Waals surface area contributed by atoms with Gasteiger partial charge in [-0.05, 0) is 24.6 Å². The number of aromatic nitrogens is 2. The van der Waals surface area contributed by atoms with E-state index in [-0.39, 0.29) is 0 Å². The first-order valence-electron chi connectivity index (χ1n) is 5.54. The Hall–Kier alpha value is -1.48. The molecule has 0 aliphatic rings. The van der Waals surface area contributed by atoms with E-state index in [1.54, 1.807) is 13.3 Å². The lowest BCUT2D eigenvalue weighted by Crippen LogP contribution is -2.03. The summed E-state index contributed by atoms with van der Waals surface area (Å²) >= 11 is 6.31. The Labute approximate surface area is 106 Å². The van der Waals surface area contributed by atoms with Crippen LogP contribution < -0.4 is 4.74 Å². The lowest BCUT2D eigenvalue weighted by atomic mass is 10.2. The zero-order valence-electron chi connectivity index (χ0n) is 10.2. The van der Waals surface area contributed by atoms with Gasteiger partial charge in [0.25, 0.3) is 0 Å². The summed E-state index contributed by atoms with van der Waals surface area (Å²) in [5, 5.41) is 0.676. The molecule has 0 bridgehead atoms. The molecule has 0 aliphatic heterocycles. The standard InChI is InChI=1S/C13H15ClN2O/c1-4-12-15-5-6-16(12)13-10(14)7-9(2)8-11(13)17-3/h5-8H,4H2,1-3H3. The van der Waals surface area contributed by atoms with Crippen LogP contribution in [0.2, 0.25) is 5.02 Å². The largest absolute Gasteiger partial charge is 0.494 e. The van der Waals surface area contributed by atoms with E-state index in [4.69, 9.17) is 16.3 Å². The number of ether oxygens (including phenoxy) is 1. The molecule has 0 saturated carbocycles. The Morgan fingerprint density at radius 2 is 2.18 bits per heavy atom. The Morgan fingerprint density at radius 3 is 2.82 bits per heavy atom. The molecule has 3 nitrogen and oxygen atoms in total. The van der Waals surface area contributed by atoms with E-state index in [1.807, 2.05) is 29.8 Å². The van der Waals surface area contributed by atoms with E-state index >= 15 is 0 Å². The molecular weight excluding hydrogens is 236 g/mol. The molecule has 0 N–H and O–H groups in total. The van der Waals surface area contributed by atoms with Crippen LogP contribution in [0.4, 0.5) is 0 Å². The maximum atomic E-state index is 6.31. The van der Waals surface area contributed by atoms with E-state index in [1.165, 1.54) is 0 Å². The Kier molecular flexibility index (Phi) is 3.38. The summed E-state index contributed by atoms with van der Waals surface area (Å²) in [4.78, 5) is 4.30. The number of imidazole rings is 1. The number of nitrogens with zero attached hydrogens (tertiary/aromatic N) is 2. The van der Waals surface area contributed by atoms with Gasteiger partial charge < -0.3 is 4.74 Å². The van der Waals surface area contributed by atoms with E-state index in [0.29, 0.717) is 5.02 Å². The summed E-state index contributed by atoms with van der Waals surface area (Å²) < 4.78 is 7.37. The lowest BCUT2D eigenvalue weighted by molar-refractivity contribution is 0.412. The van der Waals surface area contributed by atoms with Crippen molar-refractivity contribution in [3.05, 3.63) is 40.9 Å². The predicted octanol–water partition coefficient (Wildman–Crippen LogP) is 3.41. The molecule has 0 radical (unpaired) electrons. The SMILES string of the molecule is CCc1nccn1-c1c(Cl)cc(C)cc1OC. The highest BCUT2D eigenvalue weighted by molar-refractivity contribution is 6.32. The molecule has 17 heavy (non-hydrogen) atoms. The number of hydrogen-bond acceptors (Lipinski definition) is 2. The minimum absolute atomic E-state index is 0.676. The van der Waals surface area contributed by atoms with E-state index in [0.717, 1.165) is 29.2 Å². The van der Waals surface area contributed by atoms with Crippen LogP contribution in [0.1, 0.15) is 18.3 Å². The molecule has 2 aromatic rings. The van der Waals surface area contributed by atoms with Gasteiger partial charge in [0.2, 0.25) is 0 Å². The van der Waals surface area contributed by atoms with Crippen molar-refractivity contribution in [3.8, 4) is 11.4 Å². The summed E-state index contributed by atoms with van der Waals surface area (Å²) in [5.74, 6) is 1.73. The fourth-order valence-electron chi connectivity index (χ4n) is 1.89. The van der Waals surface area contributed by atoms with Gasteiger partial charge in [-0.15, -0.1) is 0 Å². The second-order valence-corrected chi connectivity index (χ2v) is 4.27. The third-order valence-electron chi connectivity index (χ3n) is 2.67. The van der Waals surface area contributed by atoms with E-state index in [9.17, 15) is 0 Å². The maximum Gasteiger partial charge on any atom is 0.144 e. The van der Waals surface area contributed by atoms with Gasteiger partial charge in [0.1, 0.15) is 17.3 Å². The van der Waals surface area contributed by atoms with Crippen molar-refractivity contribution in [1.29, 1.82) is 0 Å². The first-order valence-corrected chi connectivity index (χ1v) is 5.92. The fraction of sp³-hybridized carbons (Fsp3) is 0.308. The maximum absolute atomic E-state index is 6.31. The molecule has 0 saturated heterocycles. The van der Waals surface area contributed by atoms with Gasteiger partial charge in [-0.1, -0.05) is 18.5 Å². The topological polar surface area (TPSA) is 27.1 Å². The Morgan fingerprint density at radius 1 is 1.41 bits per heavy atom. The normalized spacial score (nSPS) is 10.6. The Balaban J connectivity index is 2.66. The predicted molar refractivity (Wildman–Crippen MR) is 69.2 cm³/mol. The van der Waals surface area contributed by atoms with Crippen LogP contribution in [-0.4, -0.2) is 16.7 Å². The molecule has 0 atom stereocenters. The average molecular weight is 251 g/mol. The number of hydrogen-bond donors (Lipinski definition) is 0. The molecular formula is C13H15ClN2O. The summed E-state index contributed by atoms with van der Waals surface area (Å²) in [7, 11) is 1.65. The summed E-state index contributed by atoms with van der Waals surface area (Å²) in [6.07, 6.45) is 4.52. The van der Waals surface area contributed by atoms with Crippen LogP contribution >= 0.6 is 11.6 Å². The van der Waals surface area contributed by atoms with Gasteiger partial charge in [0.05, 0.1) is 12.1 Å². The van der Waals surface area contributed by atoms with E-state index < -0.39 is 0 Å². The van der Waals surface area contributed by atoms with Crippen LogP contribution in [0.25, 0.3) is 5.69 Å². The van der Waals surface area contributed by atoms with Crippen LogP contribution in [0.3, 0.4) is 0 Å². The van der Waals surface area contributed by atoms with Crippen molar-refractivity contribution in [3.63, 3.8) is 0 Å². The molecule has 0 fully saturated rings. The van der Waals surface area contributed by atoms with Gasteiger partial charge in [0.15, 0.2) is 0 Å². The quantitative estimate of drug-likeness (QED) is 0.835. The average Bonchev–Trinajstić information content (AvgIpc) is 2.75. The summed E-state index contributed by atoms with van der Waals surface area (Å²) in [5.41, 5.74) is 1.93. The molecule has 90 valence electrons. The van der Waals surface area contributed by atoms with Crippen molar-refractivity contribution < 1.29 is 4.74 Å². The number of methoxy groups -OCH3 is 1. The molecule has 1 aromatic heterocycles. The van der Waals surface area contributed by atoms with Crippen LogP contribution in [-0.2, 0) is 6.42 Å². The highest BCUT2D eigenvalue weighted by Gasteiger charge is 2.13. The minimum atomic E-state index is 0.676. The summed E-state index contributed by atoms with van der Waals surface area (Å²) in [6, 6.07) is 3.90. The number of benzene rings is 1. The van der Waals surface area contributed by atoms with Crippen molar-refractivity contribution in [1.82, 2.24) is 9.55 Å². The molecule has 0 spiro atoms. The van der Waals surface area contributed by atoms with Crippen molar-refractivity contribution >= 4 is 11.6 Å². The van der Waals surface area contributed by atoms with Crippen molar-refractivity contribution in [2.45, 2.75) is 20.3 Å². The monoisotopic (exact) mass is 250 g/mol. The molecule has 2 rings (SSSR count). The fourth-order valence-corrected chi connectivity index (χ4v) is 2.25. The zero-order chi connectivity index (χ0) is 12.4. The highest BCUT2D eigenvalue weighted by atomic mass is 35.5. The van der Waals surface area contributed by atoms with Crippen molar-refractivity contribution in [2.24, 2.45) is 0 Å². The van der Waals surface area contributed by atoms with Crippen molar-refractivity contribution in [2.75, 3.05) is 7.11 Å². The number of rotatable bonds is 3. The first-order chi connectivity index (χ1) is 8.17. The van der Waals surface area contributed by atoms with Crippen LogP contribution in [0.15, 0.2) is 24.5 Å². The minimum Gasteiger partial charge on any atom is -0.494 e. The van der Waals surface area contributed by atoms with Gasteiger partial charge in [0, 0.05) is 18.8 Å². The second-order valence-electron chi connectivity index (χ2n) is 3.86. The zero-order valence-corrected chi connectivity index (χ0v) is 11.0. The number of halogens is 1. The molecule has 4 heteroatoms. The number of aryl methyl sites for hydroxylation is 2. The molecule has 1 aromatic carbocycles. The van der Waals surface area contributed by atoms with Gasteiger partial charge >= 0.3 is 0 Å². The molecule has 1 heterocycles. The first kappa shape index (κ1) is 12.0. The lowest BCUT2D eigenvalue weighted by Gasteiger charge is -2.14. The highest BCUT2D eigenvalue weighted by Crippen LogP contribution is 2.32. The smallest absolute Gasteiger partial charge is 0.144 e. The van der Waals surface area contributed by atoms with Gasteiger partial charge in [-0.25, -0.2) is 4.98 Å². The third-order valence-corrected chi connectivity index (χ3v) is 2.96. The molecule has 0 aliphatic carbocycles. The Bertz CT molecular complexity index is 534. The van der Waals surface area contributed by atoms with Crippen LogP contribution in [0, 0.1) is 6.92 Å². The second kappa shape index (κ2) is 4.80. The summed E-state index contributed by atoms with van der Waals surface area (Å²) in [6.45, 7) is 4.06. The van der Waals surface area contributed by atoms with E-state index in [2.05, 4.69) is 11.9 Å². The third kappa shape index (κ3) is 2.15. The van der Waals surface area contributed by atoms with Gasteiger partial charge in [-0.2, -0.15) is 0 Å². The molecule has 0 unspecified atom stereocenters. The van der Waals surface area contributed by atoms with Crippen LogP contribution in [0.5, 0.6) is 5.75 Å². The molecule has 0 amide bonds.